The van der Waals surface area contributed by atoms with Crippen LogP contribution in [0.4, 0.5) is 0 Å². The average molecular weight is 348 g/mol. The van der Waals surface area contributed by atoms with Crippen LogP contribution < -0.4 is 10.6 Å². The van der Waals surface area contributed by atoms with Crippen LogP contribution in [0.1, 0.15) is 73.1 Å². The molecule has 2 saturated heterocycles. The number of carbonyl (C=O) groups excluding carboxylic acids is 1. The number of aliphatic hydroxyl groups is 1. The Morgan fingerprint density at radius 2 is 1.60 bits per heavy atom. The second-order valence-corrected chi connectivity index (χ2v) is 11.3. The smallest absolute Gasteiger partial charge is 0.316 e. The van der Waals surface area contributed by atoms with Crippen molar-refractivity contribution in [2.45, 2.75) is 95.7 Å². The van der Waals surface area contributed by atoms with Crippen LogP contribution in [0.5, 0.6) is 0 Å². The third kappa shape index (κ3) is 1.87. The molecule has 0 amide bonds. The van der Waals surface area contributed by atoms with Crippen molar-refractivity contribution in [2.75, 3.05) is 0 Å². The second-order valence-electron chi connectivity index (χ2n) is 11.3. The zero-order chi connectivity index (χ0) is 18.1. The van der Waals surface area contributed by atoms with Gasteiger partial charge in [-0.3, -0.25) is 15.4 Å². The third-order valence-electron chi connectivity index (χ3n) is 8.44. The fraction of sp³-hybridized carbons (Fsp3) is 0.950. The first-order chi connectivity index (χ1) is 11.4. The van der Waals surface area contributed by atoms with Crippen molar-refractivity contribution in [2.24, 2.45) is 22.7 Å². The van der Waals surface area contributed by atoms with Crippen molar-refractivity contribution >= 4 is 5.97 Å². The molecule has 3 N–H and O–H groups in total. The number of rotatable bonds is 3. The van der Waals surface area contributed by atoms with E-state index in [1.165, 1.54) is 6.42 Å². The summed E-state index contributed by atoms with van der Waals surface area (Å²) in [6.45, 7) is 10.5. The van der Waals surface area contributed by atoms with E-state index in [1.807, 2.05) is 6.92 Å². The molecule has 25 heavy (non-hydrogen) atoms. The van der Waals surface area contributed by atoms with Crippen LogP contribution in [0.25, 0.3) is 0 Å². The van der Waals surface area contributed by atoms with Crippen LogP contribution in [0, 0.1) is 22.7 Å². The minimum absolute atomic E-state index is 0.105. The Morgan fingerprint density at radius 1 is 1.08 bits per heavy atom. The van der Waals surface area contributed by atoms with Crippen molar-refractivity contribution < 1.29 is 14.6 Å². The molecule has 4 bridgehead atoms. The highest BCUT2D eigenvalue weighted by molar-refractivity contribution is 5.83. The number of carbonyl (C=O) groups is 1. The van der Waals surface area contributed by atoms with E-state index in [0.717, 1.165) is 25.7 Å². The quantitative estimate of drug-likeness (QED) is 0.538. The lowest BCUT2D eigenvalue weighted by molar-refractivity contribution is -0.230. The normalized spacial score (nSPS) is 54.6. The largest absolute Gasteiger partial charge is 0.458 e. The molecule has 3 unspecified atom stereocenters. The Morgan fingerprint density at radius 3 is 2.00 bits per heavy atom. The second kappa shape index (κ2) is 4.10. The van der Waals surface area contributed by atoms with Gasteiger partial charge in [-0.15, -0.1) is 0 Å². The van der Waals surface area contributed by atoms with E-state index in [-0.39, 0.29) is 22.7 Å². The van der Waals surface area contributed by atoms with Gasteiger partial charge in [0.25, 0.3) is 0 Å². The molecule has 0 aromatic rings. The zero-order valence-corrected chi connectivity index (χ0v) is 16.2. The van der Waals surface area contributed by atoms with Gasteiger partial charge in [-0.1, -0.05) is 20.8 Å². The minimum Gasteiger partial charge on any atom is -0.458 e. The molecule has 6 fully saturated rings. The third-order valence-corrected chi connectivity index (χ3v) is 8.44. The molecule has 5 heteroatoms. The minimum atomic E-state index is -0.652. The molecule has 0 radical (unpaired) electrons. The molecule has 0 aromatic carbocycles. The summed E-state index contributed by atoms with van der Waals surface area (Å²) >= 11 is 0. The van der Waals surface area contributed by atoms with E-state index >= 15 is 0 Å². The van der Waals surface area contributed by atoms with Gasteiger partial charge < -0.3 is 9.84 Å². The van der Waals surface area contributed by atoms with E-state index in [9.17, 15) is 9.90 Å². The molecular formula is C20H32N2O3. The summed E-state index contributed by atoms with van der Waals surface area (Å²) in [4.78, 5) is 13.6. The maximum absolute atomic E-state index is 13.6. The van der Waals surface area contributed by atoms with Crippen molar-refractivity contribution in [1.82, 2.24) is 10.6 Å². The van der Waals surface area contributed by atoms with E-state index in [0.29, 0.717) is 18.3 Å². The number of esters is 1. The number of nitrogens with one attached hydrogen (secondary N) is 2. The molecule has 2 heterocycles. The van der Waals surface area contributed by atoms with Gasteiger partial charge in [0.2, 0.25) is 0 Å². The van der Waals surface area contributed by atoms with Gasteiger partial charge >= 0.3 is 5.97 Å². The predicted molar refractivity (Wildman–Crippen MR) is 93.4 cm³/mol. The van der Waals surface area contributed by atoms with E-state index in [2.05, 4.69) is 38.3 Å². The monoisotopic (exact) mass is 348 g/mol. The van der Waals surface area contributed by atoms with E-state index < -0.39 is 16.6 Å². The molecular weight excluding hydrogens is 316 g/mol. The Balaban J connectivity index is 1.45. The van der Waals surface area contributed by atoms with Gasteiger partial charge in [-0.25, -0.2) is 0 Å². The van der Waals surface area contributed by atoms with Gasteiger partial charge in [-0.2, -0.15) is 0 Å². The summed E-state index contributed by atoms with van der Waals surface area (Å²) < 4.78 is 6.37. The number of hydrogen-bond donors (Lipinski definition) is 3. The van der Waals surface area contributed by atoms with E-state index in [4.69, 9.17) is 4.74 Å². The van der Waals surface area contributed by atoms with Crippen molar-refractivity contribution in [3.63, 3.8) is 0 Å². The summed E-state index contributed by atoms with van der Waals surface area (Å²) in [6, 6.07) is 0. The number of hydrogen-bond acceptors (Lipinski definition) is 5. The standard InChI is InChI=1S/C20H32N2O3/c1-15(2,3)16(4,20-17(5,21-20)22-20)14(23)25-19-9-12-6-13(10-19)8-18(24,7-12)11-19/h12-13,21-22,24H,6-11H2,1-5H3. The fourth-order valence-electron chi connectivity index (χ4n) is 7.01. The van der Waals surface area contributed by atoms with Gasteiger partial charge in [0.15, 0.2) is 0 Å². The lowest BCUT2D eigenvalue weighted by Gasteiger charge is -2.59. The highest BCUT2D eigenvalue weighted by atomic mass is 16.6. The van der Waals surface area contributed by atoms with Crippen LogP contribution in [-0.2, 0) is 9.53 Å². The van der Waals surface area contributed by atoms with Gasteiger partial charge in [0, 0.05) is 6.42 Å². The van der Waals surface area contributed by atoms with Crippen molar-refractivity contribution in [3.05, 3.63) is 0 Å². The Hall–Kier alpha value is -0.650. The molecule has 6 rings (SSSR count). The molecule has 4 saturated carbocycles. The van der Waals surface area contributed by atoms with Gasteiger partial charge in [0.1, 0.15) is 22.3 Å². The van der Waals surface area contributed by atoms with Crippen LogP contribution in [0.15, 0.2) is 0 Å². The first-order valence-electron chi connectivity index (χ1n) is 9.91. The highest BCUT2D eigenvalue weighted by Crippen LogP contribution is 2.67. The Bertz CT molecular complexity index is 646. The first-order valence-corrected chi connectivity index (χ1v) is 9.91. The lowest BCUT2D eigenvalue weighted by atomic mass is 9.52. The summed E-state index contributed by atoms with van der Waals surface area (Å²) in [7, 11) is 0. The topological polar surface area (TPSA) is 90.4 Å². The van der Waals surface area contributed by atoms with Crippen LogP contribution in [0.3, 0.4) is 0 Å². The fourth-order valence-corrected chi connectivity index (χ4v) is 7.01. The highest BCUT2D eigenvalue weighted by Gasteiger charge is 2.91. The summed E-state index contributed by atoms with van der Waals surface area (Å²) in [6.07, 6.45) is 5.48. The molecule has 140 valence electrons. The van der Waals surface area contributed by atoms with Crippen LogP contribution >= 0.6 is 0 Å². The Labute approximate surface area is 150 Å². The molecule has 4 aliphatic carbocycles. The first kappa shape index (κ1) is 16.5. The average Bonchev–Trinajstić information content (AvgIpc) is 3.17. The summed E-state index contributed by atoms with van der Waals surface area (Å²) in [5.74, 6) is 0.926. The van der Waals surface area contributed by atoms with E-state index in [1.54, 1.807) is 0 Å². The molecule has 6 aliphatic rings. The summed E-state index contributed by atoms with van der Waals surface area (Å²) in [5, 5.41) is 17.9. The van der Waals surface area contributed by atoms with Crippen LogP contribution in [-0.4, -0.2) is 33.6 Å². The molecule has 3 atom stereocenters. The maximum atomic E-state index is 13.6. The molecule has 2 aliphatic heterocycles. The van der Waals surface area contributed by atoms with Crippen molar-refractivity contribution in [1.29, 1.82) is 0 Å². The zero-order valence-electron chi connectivity index (χ0n) is 16.2. The lowest BCUT2D eigenvalue weighted by Crippen LogP contribution is -2.63. The van der Waals surface area contributed by atoms with Gasteiger partial charge in [0.05, 0.1) is 5.60 Å². The molecule has 0 aromatic heterocycles. The molecule has 5 nitrogen and oxygen atoms in total. The number of fused-ring (bicyclic) bond motifs is 1. The summed E-state index contributed by atoms with van der Waals surface area (Å²) in [5.41, 5.74) is -2.41. The maximum Gasteiger partial charge on any atom is 0.316 e. The SMILES string of the molecule is CC(C)(C)C(C)(C(=O)OC12CC3CC(CC(O)(C3)C1)C2)C12NC1(C)N2. The predicted octanol–water partition coefficient (Wildman–Crippen LogP) is 2.28. The van der Waals surface area contributed by atoms with Crippen LogP contribution in [0.2, 0.25) is 0 Å². The number of ether oxygens (including phenoxy) is 1. The Kier molecular flexibility index (Phi) is 2.71. The van der Waals surface area contributed by atoms with Gasteiger partial charge in [-0.05, 0) is 63.2 Å². The molecule has 0 spiro atoms. The van der Waals surface area contributed by atoms with Crippen molar-refractivity contribution in [3.8, 4) is 0 Å².